The van der Waals surface area contributed by atoms with Crippen LogP contribution < -0.4 is 5.43 Å². The first kappa shape index (κ1) is 13.2. The van der Waals surface area contributed by atoms with Crippen LogP contribution in [0.5, 0.6) is 0 Å². The molecule has 0 aliphatic heterocycles. The Hall–Kier alpha value is -3.48. The van der Waals surface area contributed by atoms with Crippen molar-refractivity contribution in [1.29, 1.82) is 0 Å². The fraction of sp³-hybridized carbons (Fsp3) is 0. The molecular formula is C16H12N6O. The van der Waals surface area contributed by atoms with Crippen molar-refractivity contribution in [2.45, 2.75) is 0 Å². The number of fused-ring (bicyclic) bond motifs is 3. The lowest BCUT2D eigenvalue weighted by Gasteiger charge is -1.95. The van der Waals surface area contributed by atoms with Crippen LogP contribution in [-0.4, -0.2) is 26.4 Å². The summed E-state index contributed by atoms with van der Waals surface area (Å²) in [7, 11) is 0. The largest absolute Gasteiger partial charge is 0.465 e. The van der Waals surface area contributed by atoms with Gasteiger partial charge in [0.1, 0.15) is 11.3 Å². The van der Waals surface area contributed by atoms with Crippen LogP contribution >= 0.6 is 0 Å². The van der Waals surface area contributed by atoms with Crippen molar-refractivity contribution in [3.05, 3.63) is 54.5 Å². The Labute approximate surface area is 130 Å². The second-order valence-corrected chi connectivity index (χ2v) is 4.77. The second-order valence-electron chi connectivity index (χ2n) is 4.77. The van der Waals surface area contributed by atoms with Gasteiger partial charge in [0.25, 0.3) is 5.95 Å². The van der Waals surface area contributed by atoms with Gasteiger partial charge in [-0.2, -0.15) is 10.1 Å². The van der Waals surface area contributed by atoms with Crippen LogP contribution in [0.2, 0.25) is 0 Å². The number of anilines is 1. The molecule has 23 heavy (non-hydrogen) atoms. The number of hydrazone groups is 1. The Morgan fingerprint density at radius 1 is 1.13 bits per heavy atom. The highest BCUT2D eigenvalue weighted by Crippen LogP contribution is 2.21. The molecule has 0 radical (unpaired) electrons. The number of rotatable bonds is 4. The Morgan fingerprint density at radius 3 is 3.00 bits per heavy atom. The molecule has 0 saturated heterocycles. The molecule has 112 valence electrons. The topological polar surface area (TPSA) is 92.0 Å². The van der Waals surface area contributed by atoms with E-state index in [2.05, 4.69) is 30.7 Å². The van der Waals surface area contributed by atoms with Gasteiger partial charge in [-0.1, -0.05) is 18.2 Å². The monoisotopic (exact) mass is 304 g/mol. The summed E-state index contributed by atoms with van der Waals surface area (Å²) in [6.45, 7) is 0. The summed E-state index contributed by atoms with van der Waals surface area (Å²) in [5.41, 5.74) is 5.14. The summed E-state index contributed by atoms with van der Waals surface area (Å²) in [4.78, 5) is 7.57. The number of para-hydroxylation sites is 1. The first-order valence-corrected chi connectivity index (χ1v) is 7.00. The maximum Gasteiger partial charge on any atom is 0.265 e. The normalized spacial score (nSPS) is 12.0. The molecule has 4 rings (SSSR count). The van der Waals surface area contributed by atoms with Crippen molar-refractivity contribution in [3.63, 3.8) is 0 Å². The van der Waals surface area contributed by atoms with Crippen LogP contribution in [0.4, 0.5) is 5.95 Å². The minimum absolute atomic E-state index is 0.326. The van der Waals surface area contributed by atoms with Gasteiger partial charge in [0.2, 0.25) is 0 Å². The van der Waals surface area contributed by atoms with Gasteiger partial charge in [0.05, 0.1) is 6.26 Å². The number of benzene rings is 1. The van der Waals surface area contributed by atoms with Gasteiger partial charge < -0.3 is 9.40 Å². The number of H-pyrrole nitrogens is 1. The quantitative estimate of drug-likeness (QED) is 0.446. The maximum atomic E-state index is 5.17. The third-order valence-corrected chi connectivity index (χ3v) is 3.25. The highest BCUT2D eigenvalue weighted by molar-refractivity contribution is 6.03. The van der Waals surface area contributed by atoms with E-state index in [1.54, 1.807) is 24.6 Å². The predicted octanol–water partition coefficient (Wildman–Crippen LogP) is 3.21. The van der Waals surface area contributed by atoms with E-state index < -0.39 is 0 Å². The predicted molar refractivity (Wildman–Crippen MR) is 89.0 cm³/mol. The minimum Gasteiger partial charge on any atom is -0.465 e. The maximum absolute atomic E-state index is 5.17. The van der Waals surface area contributed by atoms with Crippen LogP contribution in [0, 0.1) is 0 Å². The van der Waals surface area contributed by atoms with Gasteiger partial charge >= 0.3 is 0 Å². The molecule has 0 unspecified atom stereocenters. The van der Waals surface area contributed by atoms with Crippen LogP contribution in [0.15, 0.2) is 58.3 Å². The summed E-state index contributed by atoms with van der Waals surface area (Å²) in [5.74, 6) is 1.08. The third kappa shape index (κ3) is 2.67. The van der Waals surface area contributed by atoms with E-state index in [-0.39, 0.29) is 0 Å². The standard InChI is InChI=1S/C16H12N6O/c1-2-8-13-12(7-1)14-15(18-13)19-16(22-20-14)21-17-9-3-5-11-6-4-10-23-11/h1-10H,(H2,18,19,21,22)/b5-3+,17-9-. The van der Waals surface area contributed by atoms with E-state index in [0.29, 0.717) is 11.6 Å². The fourth-order valence-electron chi connectivity index (χ4n) is 2.23. The lowest BCUT2D eigenvalue weighted by atomic mass is 10.2. The zero-order valence-electron chi connectivity index (χ0n) is 12.0. The number of nitrogens with one attached hydrogen (secondary N) is 2. The summed E-state index contributed by atoms with van der Waals surface area (Å²) < 4.78 is 5.17. The molecule has 0 amide bonds. The van der Waals surface area contributed by atoms with Crippen molar-refractivity contribution >= 4 is 40.3 Å². The first-order chi connectivity index (χ1) is 11.4. The summed E-state index contributed by atoms with van der Waals surface area (Å²) in [6.07, 6.45) is 6.75. The van der Waals surface area contributed by atoms with Crippen LogP contribution in [-0.2, 0) is 0 Å². The van der Waals surface area contributed by atoms with E-state index in [1.807, 2.05) is 36.4 Å². The average Bonchev–Trinajstić information content (AvgIpc) is 3.21. The molecule has 0 bridgehead atoms. The second kappa shape index (κ2) is 5.72. The SMILES string of the molecule is C(/C=C/c1ccco1)=N/Nc1nnc2c(n1)[nH]c1ccccc12. The van der Waals surface area contributed by atoms with Gasteiger partial charge in [-0.05, 0) is 30.4 Å². The van der Waals surface area contributed by atoms with Gasteiger partial charge in [0, 0.05) is 17.1 Å². The zero-order chi connectivity index (χ0) is 15.5. The van der Waals surface area contributed by atoms with Gasteiger partial charge in [-0.15, -0.1) is 10.2 Å². The molecule has 1 aromatic carbocycles. The van der Waals surface area contributed by atoms with Crippen molar-refractivity contribution in [3.8, 4) is 0 Å². The molecule has 4 aromatic rings. The van der Waals surface area contributed by atoms with Crippen LogP contribution in [0.3, 0.4) is 0 Å². The number of hydrogen-bond acceptors (Lipinski definition) is 6. The third-order valence-electron chi connectivity index (χ3n) is 3.25. The van der Waals surface area contributed by atoms with E-state index in [1.165, 1.54) is 0 Å². The molecule has 7 nitrogen and oxygen atoms in total. The Balaban J connectivity index is 1.52. The molecule has 0 atom stereocenters. The van der Waals surface area contributed by atoms with Crippen molar-refractivity contribution in [1.82, 2.24) is 20.2 Å². The minimum atomic E-state index is 0.326. The Morgan fingerprint density at radius 2 is 2.09 bits per heavy atom. The smallest absolute Gasteiger partial charge is 0.265 e. The fourth-order valence-corrected chi connectivity index (χ4v) is 2.23. The average molecular weight is 304 g/mol. The summed E-state index contributed by atoms with van der Waals surface area (Å²) in [6, 6.07) is 11.6. The van der Waals surface area contributed by atoms with Crippen LogP contribution in [0.1, 0.15) is 5.76 Å². The van der Waals surface area contributed by atoms with E-state index in [9.17, 15) is 0 Å². The highest BCUT2D eigenvalue weighted by Gasteiger charge is 2.07. The number of hydrogen-bond donors (Lipinski definition) is 2. The Bertz CT molecular complexity index is 1000. The van der Waals surface area contributed by atoms with Crippen molar-refractivity contribution < 1.29 is 4.42 Å². The number of furan rings is 1. The molecule has 0 aliphatic rings. The summed E-state index contributed by atoms with van der Waals surface area (Å²) in [5, 5.41) is 13.2. The molecule has 0 aliphatic carbocycles. The first-order valence-electron chi connectivity index (χ1n) is 7.00. The Kier molecular flexibility index (Phi) is 3.28. The highest BCUT2D eigenvalue weighted by atomic mass is 16.3. The van der Waals surface area contributed by atoms with Gasteiger partial charge in [-0.3, -0.25) is 0 Å². The molecule has 0 spiro atoms. The summed E-state index contributed by atoms with van der Waals surface area (Å²) >= 11 is 0. The van der Waals surface area contributed by atoms with E-state index in [0.717, 1.165) is 22.2 Å². The lowest BCUT2D eigenvalue weighted by Crippen LogP contribution is -1.98. The van der Waals surface area contributed by atoms with Gasteiger partial charge in [-0.25, -0.2) is 5.43 Å². The number of aromatic nitrogens is 4. The van der Waals surface area contributed by atoms with E-state index >= 15 is 0 Å². The molecule has 3 heterocycles. The molecule has 0 saturated carbocycles. The number of aromatic amines is 1. The molecule has 0 fully saturated rings. The van der Waals surface area contributed by atoms with E-state index in [4.69, 9.17) is 4.42 Å². The van der Waals surface area contributed by atoms with Crippen molar-refractivity contribution in [2.75, 3.05) is 5.43 Å². The van der Waals surface area contributed by atoms with Crippen LogP contribution in [0.25, 0.3) is 28.1 Å². The molecule has 3 aromatic heterocycles. The lowest BCUT2D eigenvalue weighted by molar-refractivity contribution is 0.557. The van der Waals surface area contributed by atoms with Crippen molar-refractivity contribution in [2.24, 2.45) is 5.10 Å². The molecule has 7 heteroatoms. The molecular weight excluding hydrogens is 292 g/mol. The zero-order valence-corrected chi connectivity index (χ0v) is 12.0. The number of nitrogens with zero attached hydrogens (tertiary/aromatic N) is 4. The number of allylic oxidation sites excluding steroid dienone is 1. The molecule has 2 N–H and O–H groups in total. The van der Waals surface area contributed by atoms with Gasteiger partial charge in [0.15, 0.2) is 5.65 Å².